The van der Waals surface area contributed by atoms with Gasteiger partial charge in [0, 0.05) is 22.1 Å². The van der Waals surface area contributed by atoms with Crippen molar-refractivity contribution in [2.24, 2.45) is 0 Å². The Balaban J connectivity index is 1.92. The normalized spacial score (nSPS) is 11.5. The lowest BCUT2D eigenvalue weighted by atomic mass is 10.2. The Labute approximate surface area is 141 Å². The van der Waals surface area contributed by atoms with Gasteiger partial charge in [-0.1, -0.05) is 18.2 Å². The summed E-state index contributed by atoms with van der Waals surface area (Å²) in [4.78, 5) is 22.7. The van der Waals surface area contributed by atoms with E-state index in [2.05, 4.69) is 5.32 Å². The van der Waals surface area contributed by atoms with Crippen LogP contribution in [0, 0.1) is 0 Å². The lowest BCUT2D eigenvalue weighted by Gasteiger charge is -2.08. The van der Waals surface area contributed by atoms with Gasteiger partial charge in [0.15, 0.2) is 0 Å². The van der Waals surface area contributed by atoms with Crippen LogP contribution in [-0.2, 0) is 21.3 Å². The molecule has 0 aliphatic rings. The molecule has 24 heavy (non-hydrogen) atoms. The van der Waals surface area contributed by atoms with Crippen molar-refractivity contribution in [3.63, 3.8) is 0 Å². The minimum Gasteiger partial charge on any atom is -0.496 e. The largest absolute Gasteiger partial charge is 0.496 e. The molecular formula is C17H17NO5S. The standard InChI is InChI=1S/C17H17NO5S/c1-23-15-5-3-2-4-13(15)10-24(22)11-16(19)18-14-8-6-12(7-9-14)17(20)21/h2-9H,10-11H2,1H3,(H,18,19)(H,20,21)/t24-/m1/s1. The van der Waals surface area contributed by atoms with Crippen molar-refractivity contribution < 1.29 is 23.6 Å². The second-order valence-electron chi connectivity index (χ2n) is 4.97. The molecule has 7 heteroatoms. The number of anilines is 1. The van der Waals surface area contributed by atoms with Crippen LogP contribution in [0.1, 0.15) is 15.9 Å². The molecule has 0 heterocycles. The maximum absolute atomic E-state index is 12.1. The number of carbonyl (C=O) groups excluding carboxylic acids is 1. The predicted octanol–water partition coefficient (Wildman–Crippen LogP) is 2.28. The highest BCUT2D eigenvalue weighted by atomic mass is 32.2. The monoisotopic (exact) mass is 347 g/mol. The highest BCUT2D eigenvalue weighted by molar-refractivity contribution is 7.85. The van der Waals surface area contributed by atoms with Gasteiger partial charge >= 0.3 is 5.97 Å². The van der Waals surface area contributed by atoms with E-state index in [1.54, 1.807) is 12.1 Å². The third-order valence-electron chi connectivity index (χ3n) is 3.22. The van der Waals surface area contributed by atoms with Crippen LogP contribution < -0.4 is 10.1 Å². The summed E-state index contributed by atoms with van der Waals surface area (Å²) in [6.07, 6.45) is 0. The molecule has 2 rings (SSSR count). The van der Waals surface area contributed by atoms with E-state index in [1.165, 1.54) is 31.4 Å². The van der Waals surface area contributed by atoms with Crippen LogP contribution >= 0.6 is 0 Å². The Morgan fingerprint density at radius 2 is 1.79 bits per heavy atom. The van der Waals surface area contributed by atoms with Crippen molar-refractivity contribution in [3.05, 3.63) is 59.7 Å². The molecule has 0 aliphatic heterocycles. The second-order valence-corrected chi connectivity index (χ2v) is 6.43. The number of rotatable bonds is 7. The summed E-state index contributed by atoms with van der Waals surface area (Å²) >= 11 is 0. The first-order chi connectivity index (χ1) is 11.5. The van der Waals surface area contributed by atoms with E-state index in [0.29, 0.717) is 11.4 Å². The van der Waals surface area contributed by atoms with E-state index in [9.17, 15) is 13.8 Å². The highest BCUT2D eigenvalue weighted by Crippen LogP contribution is 2.19. The van der Waals surface area contributed by atoms with Crippen molar-refractivity contribution in [1.29, 1.82) is 0 Å². The van der Waals surface area contributed by atoms with E-state index in [0.717, 1.165) is 5.56 Å². The average Bonchev–Trinajstić information content (AvgIpc) is 2.55. The Bertz CT molecular complexity index is 758. The van der Waals surface area contributed by atoms with Crippen LogP contribution in [0.4, 0.5) is 5.69 Å². The van der Waals surface area contributed by atoms with Gasteiger partial charge in [-0.2, -0.15) is 0 Å². The van der Waals surface area contributed by atoms with Crippen LogP contribution in [0.2, 0.25) is 0 Å². The number of carbonyl (C=O) groups is 2. The van der Waals surface area contributed by atoms with Gasteiger partial charge < -0.3 is 15.2 Å². The highest BCUT2D eigenvalue weighted by Gasteiger charge is 2.12. The third-order valence-corrected chi connectivity index (χ3v) is 4.43. The second kappa shape index (κ2) is 8.26. The molecule has 0 aromatic heterocycles. The predicted molar refractivity (Wildman–Crippen MR) is 91.7 cm³/mol. The molecule has 1 atom stereocenters. The van der Waals surface area contributed by atoms with Crippen molar-refractivity contribution in [2.75, 3.05) is 18.2 Å². The number of ether oxygens (including phenoxy) is 1. The van der Waals surface area contributed by atoms with Gasteiger partial charge in [0.1, 0.15) is 11.5 Å². The fourth-order valence-electron chi connectivity index (χ4n) is 2.09. The molecule has 2 aromatic carbocycles. The van der Waals surface area contributed by atoms with E-state index >= 15 is 0 Å². The molecule has 2 aromatic rings. The van der Waals surface area contributed by atoms with Crippen LogP contribution in [0.5, 0.6) is 5.75 Å². The smallest absolute Gasteiger partial charge is 0.335 e. The molecule has 0 spiro atoms. The van der Waals surface area contributed by atoms with Gasteiger partial charge in [-0.15, -0.1) is 0 Å². The van der Waals surface area contributed by atoms with Crippen LogP contribution in [0.15, 0.2) is 48.5 Å². The summed E-state index contributed by atoms with van der Waals surface area (Å²) in [5.41, 5.74) is 1.36. The molecule has 0 saturated carbocycles. The van der Waals surface area contributed by atoms with Gasteiger partial charge in [0.25, 0.3) is 0 Å². The molecule has 2 N–H and O–H groups in total. The quantitative estimate of drug-likeness (QED) is 0.801. The zero-order valence-electron chi connectivity index (χ0n) is 13.0. The summed E-state index contributed by atoms with van der Waals surface area (Å²) in [5.74, 6) is -0.735. The van der Waals surface area contributed by atoms with Gasteiger partial charge in [-0.05, 0) is 30.3 Å². The SMILES string of the molecule is COc1ccccc1C[S@@](=O)CC(=O)Nc1ccc(C(=O)O)cc1. The van der Waals surface area contributed by atoms with Crippen molar-refractivity contribution in [2.45, 2.75) is 5.75 Å². The number of carboxylic acids is 1. The van der Waals surface area contributed by atoms with Crippen molar-refractivity contribution in [1.82, 2.24) is 0 Å². The average molecular weight is 347 g/mol. The van der Waals surface area contributed by atoms with E-state index in [1.807, 2.05) is 12.1 Å². The van der Waals surface area contributed by atoms with Crippen molar-refractivity contribution >= 4 is 28.4 Å². The zero-order valence-corrected chi connectivity index (χ0v) is 13.8. The first-order valence-corrected chi connectivity index (χ1v) is 8.58. The summed E-state index contributed by atoms with van der Waals surface area (Å²) in [5, 5.41) is 11.4. The lowest BCUT2D eigenvalue weighted by molar-refractivity contribution is -0.113. The molecule has 0 radical (unpaired) electrons. The van der Waals surface area contributed by atoms with E-state index < -0.39 is 22.7 Å². The van der Waals surface area contributed by atoms with E-state index in [-0.39, 0.29) is 17.1 Å². The molecular weight excluding hydrogens is 330 g/mol. The fraction of sp³-hybridized carbons (Fsp3) is 0.176. The first kappa shape index (κ1) is 17.7. The van der Waals surface area contributed by atoms with Crippen LogP contribution in [-0.4, -0.2) is 34.1 Å². The lowest BCUT2D eigenvalue weighted by Crippen LogP contribution is -2.20. The van der Waals surface area contributed by atoms with Gasteiger partial charge in [-0.25, -0.2) is 4.79 Å². The summed E-state index contributed by atoms with van der Waals surface area (Å²) in [6, 6.07) is 13.0. The molecule has 0 aliphatic carbocycles. The third kappa shape index (κ3) is 4.92. The molecule has 1 amide bonds. The fourth-order valence-corrected chi connectivity index (χ4v) is 3.14. The minimum absolute atomic E-state index is 0.132. The topological polar surface area (TPSA) is 92.7 Å². The maximum Gasteiger partial charge on any atom is 0.335 e. The van der Waals surface area contributed by atoms with Gasteiger partial charge in [-0.3, -0.25) is 9.00 Å². The maximum atomic E-state index is 12.1. The number of benzene rings is 2. The number of hydrogen-bond donors (Lipinski definition) is 2. The minimum atomic E-state index is -1.38. The Hall–Kier alpha value is -2.67. The molecule has 0 unspecified atom stereocenters. The molecule has 126 valence electrons. The molecule has 0 bridgehead atoms. The molecule has 0 saturated heterocycles. The number of para-hydroxylation sites is 1. The molecule has 6 nitrogen and oxygen atoms in total. The summed E-state index contributed by atoms with van der Waals surface area (Å²) < 4.78 is 17.3. The van der Waals surface area contributed by atoms with Gasteiger partial charge in [0.05, 0.1) is 18.4 Å². The Kier molecular flexibility index (Phi) is 6.08. The first-order valence-electron chi connectivity index (χ1n) is 7.09. The Morgan fingerprint density at radius 3 is 2.42 bits per heavy atom. The van der Waals surface area contributed by atoms with E-state index in [4.69, 9.17) is 9.84 Å². The Morgan fingerprint density at radius 1 is 1.12 bits per heavy atom. The van der Waals surface area contributed by atoms with Gasteiger partial charge in [0.2, 0.25) is 5.91 Å². The molecule has 0 fully saturated rings. The summed E-state index contributed by atoms with van der Waals surface area (Å²) in [6.45, 7) is 0. The zero-order chi connectivity index (χ0) is 17.5. The summed E-state index contributed by atoms with van der Waals surface area (Å²) in [7, 11) is 0.152. The van der Waals surface area contributed by atoms with Crippen LogP contribution in [0.3, 0.4) is 0 Å². The number of methoxy groups -OCH3 is 1. The number of carboxylic acid groups (broad SMARTS) is 1. The van der Waals surface area contributed by atoms with Crippen LogP contribution in [0.25, 0.3) is 0 Å². The number of nitrogens with one attached hydrogen (secondary N) is 1. The van der Waals surface area contributed by atoms with Crippen molar-refractivity contribution in [3.8, 4) is 5.75 Å². The number of hydrogen-bond acceptors (Lipinski definition) is 4. The number of aromatic carboxylic acids is 1. The number of amides is 1.